The van der Waals surface area contributed by atoms with Gasteiger partial charge in [-0.2, -0.15) is 0 Å². The number of furan rings is 1. The van der Waals surface area contributed by atoms with Crippen molar-refractivity contribution >= 4 is 17.8 Å². The van der Waals surface area contributed by atoms with E-state index < -0.39 is 18.5 Å². The highest BCUT2D eigenvalue weighted by Crippen LogP contribution is 2.15. The van der Waals surface area contributed by atoms with Gasteiger partial charge in [0.15, 0.2) is 6.61 Å². The maximum absolute atomic E-state index is 12.9. The highest BCUT2D eigenvalue weighted by Gasteiger charge is 2.22. The van der Waals surface area contributed by atoms with Gasteiger partial charge in [-0.1, -0.05) is 42.5 Å². The highest BCUT2D eigenvalue weighted by molar-refractivity contribution is 6.05. The van der Waals surface area contributed by atoms with E-state index in [2.05, 4.69) is 5.32 Å². The van der Waals surface area contributed by atoms with Crippen molar-refractivity contribution in [2.45, 2.75) is 19.5 Å². The fourth-order valence-corrected chi connectivity index (χ4v) is 3.08. The maximum atomic E-state index is 12.9. The lowest BCUT2D eigenvalue weighted by Gasteiger charge is -2.19. The molecule has 1 aromatic heterocycles. The molecule has 160 valence electrons. The lowest BCUT2D eigenvalue weighted by atomic mass is 10.1. The standard InChI is InChI=1S/C24H24N2O5/c1-17(21-13-8-14-30-21)25-22(27)16-31-24(29)20-12-7-6-11-19(20)23(28)26(2)15-18-9-4-3-5-10-18/h3-14,17H,15-16H2,1-2H3,(H,25,27)/t17-/m0/s1. The molecule has 3 rings (SSSR count). The molecule has 0 spiro atoms. The zero-order chi connectivity index (χ0) is 22.2. The third kappa shape index (κ3) is 5.82. The number of nitrogens with zero attached hydrogens (tertiary/aromatic N) is 1. The van der Waals surface area contributed by atoms with E-state index in [9.17, 15) is 14.4 Å². The molecule has 1 atom stereocenters. The van der Waals surface area contributed by atoms with Crippen LogP contribution in [-0.4, -0.2) is 36.3 Å². The van der Waals surface area contributed by atoms with Crippen LogP contribution in [0.1, 0.15) is 45.0 Å². The Bertz CT molecular complexity index is 1030. The second kappa shape index (κ2) is 10.2. The summed E-state index contributed by atoms with van der Waals surface area (Å²) in [7, 11) is 1.67. The number of esters is 1. The molecule has 1 heterocycles. The molecular weight excluding hydrogens is 396 g/mol. The average molecular weight is 420 g/mol. The third-order valence-corrected chi connectivity index (χ3v) is 4.67. The van der Waals surface area contributed by atoms with Gasteiger partial charge in [0.05, 0.1) is 23.4 Å². The van der Waals surface area contributed by atoms with Gasteiger partial charge in [-0.25, -0.2) is 4.79 Å². The van der Waals surface area contributed by atoms with E-state index in [-0.39, 0.29) is 23.1 Å². The number of ether oxygens (including phenoxy) is 1. The van der Waals surface area contributed by atoms with Crippen molar-refractivity contribution in [2.24, 2.45) is 0 Å². The van der Waals surface area contributed by atoms with Gasteiger partial charge in [0.1, 0.15) is 5.76 Å². The van der Waals surface area contributed by atoms with Crippen LogP contribution in [0.25, 0.3) is 0 Å². The fourth-order valence-electron chi connectivity index (χ4n) is 3.08. The van der Waals surface area contributed by atoms with E-state index in [1.807, 2.05) is 30.3 Å². The number of amides is 2. The third-order valence-electron chi connectivity index (χ3n) is 4.67. The summed E-state index contributed by atoms with van der Waals surface area (Å²) in [6, 6.07) is 19.1. The van der Waals surface area contributed by atoms with E-state index in [0.29, 0.717) is 12.3 Å². The Morgan fingerprint density at radius 2 is 1.65 bits per heavy atom. The molecule has 2 amide bonds. The Labute approximate surface area is 180 Å². The Morgan fingerprint density at radius 3 is 2.32 bits per heavy atom. The lowest BCUT2D eigenvalue weighted by molar-refractivity contribution is -0.125. The van der Waals surface area contributed by atoms with Crippen LogP contribution in [0, 0.1) is 0 Å². The number of benzene rings is 2. The molecule has 0 saturated carbocycles. The van der Waals surface area contributed by atoms with Gasteiger partial charge in [-0.3, -0.25) is 9.59 Å². The number of rotatable bonds is 8. The molecular formula is C24H24N2O5. The maximum Gasteiger partial charge on any atom is 0.339 e. The van der Waals surface area contributed by atoms with E-state index >= 15 is 0 Å². The first-order valence-electron chi connectivity index (χ1n) is 9.84. The molecule has 0 aliphatic heterocycles. The lowest BCUT2D eigenvalue weighted by Crippen LogP contribution is -2.31. The summed E-state index contributed by atoms with van der Waals surface area (Å²) >= 11 is 0. The Kier molecular flexibility index (Phi) is 7.22. The van der Waals surface area contributed by atoms with Gasteiger partial charge in [-0.15, -0.1) is 0 Å². The van der Waals surface area contributed by atoms with Crippen molar-refractivity contribution < 1.29 is 23.5 Å². The molecule has 3 aromatic rings. The summed E-state index contributed by atoms with van der Waals surface area (Å²) in [5.41, 5.74) is 1.30. The normalized spacial score (nSPS) is 11.4. The molecule has 0 bridgehead atoms. The fraction of sp³-hybridized carbons (Fsp3) is 0.208. The van der Waals surface area contributed by atoms with Crippen molar-refractivity contribution in [3.63, 3.8) is 0 Å². The predicted molar refractivity (Wildman–Crippen MR) is 114 cm³/mol. The minimum absolute atomic E-state index is 0.110. The zero-order valence-corrected chi connectivity index (χ0v) is 17.4. The summed E-state index contributed by atoms with van der Waals surface area (Å²) in [5.74, 6) is -0.926. The van der Waals surface area contributed by atoms with Crippen LogP contribution in [0.3, 0.4) is 0 Å². The second-order valence-corrected chi connectivity index (χ2v) is 7.07. The monoisotopic (exact) mass is 420 g/mol. The van der Waals surface area contributed by atoms with Gasteiger partial charge in [0, 0.05) is 13.6 Å². The van der Waals surface area contributed by atoms with Crippen LogP contribution in [0.5, 0.6) is 0 Å². The molecule has 0 fully saturated rings. The minimum atomic E-state index is -0.738. The molecule has 0 radical (unpaired) electrons. The number of hydrogen-bond acceptors (Lipinski definition) is 5. The predicted octanol–water partition coefficient (Wildman–Crippen LogP) is 3.59. The smallest absolute Gasteiger partial charge is 0.339 e. The second-order valence-electron chi connectivity index (χ2n) is 7.07. The first-order valence-corrected chi connectivity index (χ1v) is 9.84. The Hall–Kier alpha value is -3.87. The summed E-state index contributed by atoms with van der Waals surface area (Å²) in [5, 5.41) is 2.69. The van der Waals surface area contributed by atoms with E-state index in [4.69, 9.17) is 9.15 Å². The molecule has 0 saturated heterocycles. The largest absolute Gasteiger partial charge is 0.467 e. The SMILES string of the molecule is C[C@H](NC(=O)COC(=O)c1ccccc1C(=O)N(C)Cc1ccccc1)c1ccco1. The molecule has 7 heteroatoms. The van der Waals surface area contributed by atoms with Crippen molar-refractivity contribution in [1.82, 2.24) is 10.2 Å². The summed E-state index contributed by atoms with van der Waals surface area (Å²) < 4.78 is 10.4. The summed E-state index contributed by atoms with van der Waals surface area (Å²) in [4.78, 5) is 39.1. The summed E-state index contributed by atoms with van der Waals surface area (Å²) in [6.07, 6.45) is 1.51. The van der Waals surface area contributed by atoms with Crippen molar-refractivity contribution in [2.75, 3.05) is 13.7 Å². The first-order chi connectivity index (χ1) is 15.0. The molecule has 1 N–H and O–H groups in total. The minimum Gasteiger partial charge on any atom is -0.467 e. The number of hydrogen-bond donors (Lipinski definition) is 1. The number of carbonyl (C=O) groups excluding carboxylic acids is 3. The van der Waals surface area contributed by atoms with Crippen molar-refractivity contribution in [1.29, 1.82) is 0 Å². The molecule has 0 unspecified atom stereocenters. The van der Waals surface area contributed by atoms with Gasteiger partial charge in [0.25, 0.3) is 11.8 Å². The van der Waals surface area contributed by atoms with Gasteiger partial charge >= 0.3 is 5.97 Å². The van der Waals surface area contributed by atoms with Crippen LogP contribution >= 0.6 is 0 Å². The Morgan fingerprint density at radius 1 is 0.968 bits per heavy atom. The molecule has 7 nitrogen and oxygen atoms in total. The topological polar surface area (TPSA) is 88.8 Å². The van der Waals surface area contributed by atoms with Gasteiger partial charge in [-0.05, 0) is 36.8 Å². The van der Waals surface area contributed by atoms with Crippen LogP contribution in [0.4, 0.5) is 0 Å². The molecule has 0 aliphatic carbocycles. The zero-order valence-electron chi connectivity index (χ0n) is 17.4. The molecule has 2 aromatic carbocycles. The quantitative estimate of drug-likeness (QED) is 0.563. The van der Waals surface area contributed by atoms with Crippen LogP contribution < -0.4 is 5.32 Å². The van der Waals surface area contributed by atoms with Crippen LogP contribution in [-0.2, 0) is 16.1 Å². The van der Waals surface area contributed by atoms with Crippen LogP contribution in [0.2, 0.25) is 0 Å². The van der Waals surface area contributed by atoms with E-state index in [1.54, 1.807) is 44.3 Å². The Balaban J connectivity index is 1.61. The van der Waals surface area contributed by atoms with Crippen LogP contribution in [0.15, 0.2) is 77.4 Å². The van der Waals surface area contributed by atoms with Gasteiger partial charge in [0.2, 0.25) is 0 Å². The number of carbonyl (C=O) groups is 3. The summed E-state index contributed by atoms with van der Waals surface area (Å²) in [6.45, 7) is 1.69. The van der Waals surface area contributed by atoms with Crippen molar-refractivity contribution in [3.8, 4) is 0 Å². The molecule has 0 aliphatic rings. The van der Waals surface area contributed by atoms with Crippen molar-refractivity contribution in [3.05, 3.63) is 95.4 Å². The number of nitrogens with one attached hydrogen (secondary N) is 1. The highest BCUT2D eigenvalue weighted by atomic mass is 16.5. The molecule has 31 heavy (non-hydrogen) atoms. The average Bonchev–Trinajstić information content (AvgIpc) is 3.33. The van der Waals surface area contributed by atoms with Gasteiger partial charge < -0.3 is 19.4 Å². The van der Waals surface area contributed by atoms with E-state index in [0.717, 1.165) is 5.56 Å². The van der Waals surface area contributed by atoms with E-state index in [1.165, 1.54) is 17.2 Å². The first kappa shape index (κ1) is 21.8.